The largest absolute Gasteiger partial charge is 0.497 e. The molecule has 2 heterocycles. The highest BCUT2D eigenvalue weighted by Gasteiger charge is 2.16. The molecule has 10 heteroatoms. The summed E-state index contributed by atoms with van der Waals surface area (Å²) in [5.74, 6) is 0.822. The molecule has 0 unspecified atom stereocenters. The minimum Gasteiger partial charge on any atom is -0.497 e. The molecule has 33 heavy (non-hydrogen) atoms. The number of thiazole rings is 1. The number of hydrogen-bond acceptors (Lipinski definition) is 8. The Morgan fingerprint density at radius 1 is 1.06 bits per heavy atom. The Morgan fingerprint density at radius 2 is 1.88 bits per heavy atom. The van der Waals surface area contributed by atoms with E-state index in [1.54, 1.807) is 37.8 Å². The fraction of sp³-hybridized carbons (Fsp3) is 0.130. The Bertz CT molecular complexity index is 1270. The van der Waals surface area contributed by atoms with E-state index in [2.05, 4.69) is 20.8 Å². The van der Waals surface area contributed by atoms with E-state index in [1.807, 2.05) is 30.3 Å². The van der Waals surface area contributed by atoms with Crippen LogP contribution in [0.4, 0.5) is 5.13 Å². The number of rotatable bonds is 8. The number of carbonyl (C=O) groups excluding carboxylic acids is 2. The van der Waals surface area contributed by atoms with Crippen LogP contribution in [-0.4, -0.2) is 42.7 Å². The van der Waals surface area contributed by atoms with Crippen LogP contribution in [0.25, 0.3) is 22.6 Å². The molecule has 0 spiro atoms. The number of carbonyl (C=O) groups is 2. The number of hydrogen-bond donors (Lipinski definition) is 2. The number of amides is 2. The van der Waals surface area contributed by atoms with Crippen molar-refractivity contribution < 1.29 is 23.6 Å². The Balaban J connectivity index is 1.35. The lowest BCUT2D eigenvalue weighted by molar-refractivity contribution is -0.115. The maximum atomic E-state index is 12.3. The van der Waals surface area contributed by atoms with Crippen molar-refractivity contribution in [3.8, 4) is 34.1 Å². The summed E-state index contributed by atoms with van der Waals surface area (Å²) in [4.78, 5) is 29.0. The molecule has 0 radical (unpaired) electrons. The second-order valence-corrected chi connectivity index (χ2v) is 7.64. The SMILES string of the molecule is COc1ccc(OC)c(-c2csc(NC(=O)CNC(=O)c3cc(-c4ccccc4)on3)n2)c1. The molecule has 168 valence electrons. The number of anilines is 1. The minimum atomic E-state index is -0.517. The average molecular weight is 465 g/mol. The highest BCUT2D eigenvalue weighted by Crippen LogP contribution is 2.35. The van der Waals surface area contributed by atoms with Crippen molar-refractivity contribution in [3.63, 3.8) is 0 Å². The van der Waals surface area contributed by atoms with Gasteiger partial charge in [0, 0.05) is 22.6 Å². The van der Waals surface area contributed by atoms with Gasteiger partial charge in [0.05, 0.1) is 26.5 Å². The van der Waals surface area contributed by atoms with Gasteiger partial charge in [0.2, 0.25) is 5.91 Å². The van der Waals surface area contributed by atoms with E-state index in [1.165, 1.54) is 17.4 Å². The van der Waals surface area contributed by atoms with E-state index < -0.39 is 11.8 Å². The zero-order valence-electron chi connectivity index (χ0n) is 17.8. The molecule has 0 atom stereocenters. The molecule has 2 aromatic heterocycles. The van der Waals surface area contributed by atoms with E-state index in [4.69, 9.17) is 14.0 Å². The monoisotopic (exact) mass is 464 g/mol. The number of ether oxygens (including phenoxy) is 2. The first-order valence-electron chi connectivity index (χ1n) is 9.85. The Morgan fingerprint density at radius 3 is 2.64 bits per heavy atom. The molecule has 0 aliphatic heterocycles. The molecule has 2 amide bonds. The lowest BCUT2D eigenvalue weighted by atomic mass is 10.1. The smallest absolute Gasteiger partial charge is 0.273 e. The van der Waals surface area contributed by atoms with Crippen LogP contribution in [0.2, 0.25) is 0 Å². The van der Waals surface area contributed by atoms with Gasteiger partial charge in [0.15, 0.2) is 16.6 Å². The van der Waals surface area contributed by atoms with Gasteiger partial charge in [-0.3, -0.25) is 9.59 Å². The number of benzene rings is 2. The number of nitrogens with one attached hydrogen (secondary N) is 2. The van der Waals surface area contributed by atoms with Crippen molar-refractivity contribution in [1.82, 2.24) is 15.5 Å². The Kier molecular flexibility index (Phi) is 6.65. The standard InChI is InChI=1S/C23H20N4O5S/c1-30-15-8-9-19(31-2)16(10-15)18-13-33-23(25-18)26-21(28)12-24-22(29)17-11-20(32-27-17)14-6-4-3-5-7-14/h3-11,13H,12H2,1-2H3,(H,24,29)(H,25,26,28). The average Bonchev–Trinajstić information content (AvgIpc) is 3.53. The van der Waals surface area contributed by atoms with Crippen LogP contribution in [0.5, 0.6) is 11.5 Å². The van der Waals surface area contributed by atoms with Crippen LogP contribution in [-0.2, 0) is 4.79 Å². The second-order valence-electron chi connectivity index (χ2n) is 6.78. The van der Waals surface area contributed by atoms with E-state index in [9.17, 15) is 9.59 Å². The van der Waals surface area contributed by atoms with Gasteiger partial charge in [-0.15, -0.1) is 11.3 Å². The summed E-state index contributed by atoms with van der Waals surface area (Å²) in [5, 5.41) is 11.2. The topological polar surface area (TPSA) is 116 Å². The van der Waals surface area contributed by atoms with Gasteiger partial charge in [-0.25, -0.2) is 4.98 Å². The predicted octanol–water partition coefficient (Wildman–Crippen LogP) is 3.85. The molecule has 0 aliphatic rings. The van der Waals surface area contributed by atoms with Crippen molar-refractivity contribution in [2.24, 2.45) is 0 Å². The summed E-state index contributed by atoms with van der Waals surface area (Å²) in [6, 6.07) is 16.2. The minimum absolute atomic E-state index is 0.0864. The van der Waals surface area contributed by atoms with Crippen LogP contribution in [0.15, 0.2) is 64.5 Å². The fourth-order valence-electron chi connectivity index (χ4n) is 3.00. The third-order valence-electron chi connectivity index (χ3n) is 4.64. The summed E-state index contributed by atoms with van der Waals surface area (Å²) in [6.07, 6.45) is 0. The molecule has 2 N–H and O–H groups in total. The van der Waals surface area contributed by atoms with E-state index in [-0.39, 0.29) is 12.2 Å². The van der Waals surface area contributed by atoms with E-state index in [0.717, 1.165) is 11.1 Å². The first-order chi connectivity index (χ1) is 16.1. The zero-order chi connectivity index (χ0) is 23.2. The van der Waals surface area contributed by atoms with Gasteiger partial charge in [-0.05, 0) is 18.2 Å². The number of aromatic nitrogens is 2. The summed E-state index contributed by atoms with van der Waals surface area (Å²) >= 11 is 1.26. The van der Waals surface area contributed by atoms with E-state index in [0.29, 0.717) is 28.1 Å². The van der Waals surface area contributed by atoms with Gasteiger partial charge < -0.3 is 24.6 Å². The van der Waals surface area contributed by atoms with Crippen molar-refractivity contribution in [2.45, 2.75) is 0 Å². The van der Waals surface area contributed by atoms with Crippen molar-refractivity contribution in [3.05, 3.63) is 65.7 Å². The molecule has 0 fully saturated rings. The number of methoxy groups -OCH3 is 2. The molecule has 4 rings (SSSR count). The molecule has 2 aromatic carbocycles. The Hall–Kier alpha value is -4.18. The summed E-state index contributed by atoms with van der Waals surface area (Å²) in [5.41, 5.74) is 2.26. The highest BCUT2D eigenvalue weighted by atomic mass is 32.1. The van der Waals surface area contributed by atoms with Crippen molar-refractivity contribution in [1.29, 1.82) is 0 Å². The molecule has 9 nitrogen and oxygen atoms in total. The van der Waals surface area contributed by atoms with Gasteiger partial charge >= 0.3 is 0 Å². The maximum Gasteiger partial charge on any atom is 0.273 e. The zero-order valence-corrected chi connectivity index (χ0v) is 18.6. The highest BCUT2D eigenvalue weighted by molar-refractivity contribution is 7.14. The number of nitrogens with zero attached hydrogens (tertiary/aromatic N) is 2. The predicted molar refractivity (Wildman–Crippen MR) is 124 cm³/mol. The van der Waals surface area contributed by atoms with Crippen LogP contribution in [0.3, 0.4) is 0 Å². The summed E-state index contributed by atoms with van der Waals surface area (Å²) in [7, 11) is 3.15. The molecular formula is C23H20N4O5S. The quantitative estimate of drug-likeness (QED) is 0.407. The van der Waals surface area contributed by atoms with Crippen LogP contribution in [0.1, 0.15) is 10.5 Å². The second kappa shape index (κ2) is 9.96. The summed E-state index contributed by atoms with van der Waals surface area (Å²) < 4.78 is 15.9. The van der Waals surface area contributed by atoms with Gasteiger partial charge in [-0.2, -0.15) is 0 Å². The van der Waals surface area contributed by atoms with Crippen molar-refractivity contribution >= 4 is 28.3 Å². The molecule has 0 aliphatic carbocycles. The maximum absolute atomic E-state index is 12.3. The normalized spacial score (nSPS) is 10.5. The molecule has 4 aromatic rings. The van der Waals surface area contributed by atoms with Gasteiger partial charge in [-0.1, -0.05) is 35.5 Å². The van der Waals surface area contributed by atoms with Crippen molar-refractivity contribution in [2.75, 3.05) is 26.1 Å². The molecule has 0 bridgehead atoms. The Labute approximate surface area is 193 Å². The van der Waals surface area contributed by atoms with Crippen LogP contribution in [0, 0.1) is 0 Å². The lowest BCUT2D eigenvalue weighted by Crippen LogP contribution is -2.33. The first kappa shape index (κ1) is 22.0. The lowest BCUT2D eigenvalue weighted by Gasteiger charge is -2.08. The first-order valence-corrected chi connectivity index (χ1v) is 10.7. The molecule has 0 saturated carbocycles. The summed E-state index contributed by atoms with van der Waals surface area (Å²) in [6.45, 7) is -0.246. The van der Waals surface area contributed by atoms with Gasteiger partial charge in [0.25, 0.3) is 5.91 Å². The third-order valence-corrected chi connectivity index (χ3v) is 5.40. The molecular weight excluding hydrogens is 444 g/mol. The molecule has 0 saturated heterocycles. The van der Waals surface area contributed by atoms with Crippen LogP contribution < -0.4 is 20.1 Å². The van der Waals surface area contributed by atoms with Crippen LogP contribution >= 0.6 is 11.3 Å². The fourth-order valence-corrected chi connectivity index (χ4v) is 3.73. The van der Waals surface area contributed by atoms with E-state index >= 15 is 0 Å². The third kappa shape index (κ3) is 5.18. The van der Waals surface area contributed by atoms with Gasteiger partial charge in [0.1, 0.15) is 11.5 Å².